The molecule has 0 amide bonds. The van der Waals surface area contributed by atoms with E-state index in [0.717, 1.165) is 24.8 Å². The molecular formula is C10H12N2O. The first-order chi connectivity index (χ1) is 6.31. The lowest BCUT2D eigenvalue weighted by molar-refractivity contribution is 0.112. The van der Waals surface area contributed by atoms with Gasteiger partial charge in [0.1, 0.15) is 5.82 Å². The zero-order valence-electron chi connectivity index (χ0n) is 7.42. The zero-order chi connectivity index (χ0) is 9.26. The number of carbonyl (C=O) groups is 1. The lowest BCUT2D eigenvalue weighted by Crippen LogP contribution is -2.09. The Hall–Kier alpha value is -1.38. The maximum absolute atomic E-state index is 10.6. The number of nitrogen functional groups attached to an aromatic ring is 1. The molecule has 0 atom stereocenters. The van der Waals surface area contributed by atoms with Crippen molar-refractivity contribution in [3.8, 4) is 0 Å². The molecule has 0 saturated heterocycles. The predicted octanol–water partition coefficient (Wildman–Crippen LogP) is 1.36. The van der Waals surface area contributed by atoms with Crippen LogP contribution >= 0.6 is 0 Å². The van der Waals surface area contributed by atoms with Crippen molar-refractivity contribution in [3.05, 3.63) is 22.9 Å². The number of carbonyl (C=O) groups excluding carboxylic acids is 1. The molecule has 0 radical (unpaired) electrons. The lowest BCUT2D eigenvalue weighted by Gasteiger charge is -2.15. The van der Waals surface area contributed by atoms with Gasteiger partial charge in [-0.25, -0.2) is 4.98 Å². The number of aromatic nitrogens is 1. The number of hydrogen-bond donors (Lipinski definition) is 1. The van der Waals surface area contributed by atoms with Gasteiger partial charge in [0.15, 0.2) is 6.29 Å². The van der Waals surface area contributed by atoms with E-state index in [-0.39, 0.29) is 0 Å². The Bertz CT molecular complexity index is 347. The average Bonchev–Trinajstić information content (AvgIpc) is 2.17. The second-order valence-electron chi connectivity index (χ2n) is 3.39. The third-order valence-electron chi connectivity index (χ3n) is 2.49. The summed E-state index contributed by atoms with van der Waals surface area (Å²) < 4.78 is 0. The third kappa shape index (κ3) is 1.41. The normalized spacial score (nSPS) is 15.1. The van der Waals surface area contributed by atoms with Gasteiger partial charge in [-0.3, -0.25) is 4.79 Å². The minimum atomic E-state index is 0.371. The van der Waals surface area contributed by atoms with Crippen molar-refractivity contribution in [2.75, 3.05) is 5.73 Å². The summed E-state index contributed by atoms with van der Waals surface area (Å²) in [4.78, 5) is 14.8. The van der Waals surface area contributed by atoms with Crippen LogP contribution < -0.4 is 5.73 Å². The molecule has 1 aliphatic rings. The van der Waals surface area contributed by atoms with Gasteiger partial charge in [-0.15, -0.1) is 0 Å². The van der Waals surface area contributed by atoms with Gasteiger partial charge in [0.2, 0.25) is 0 Å². The molecule has 0 saturated carbocycles. The molecule has 0 aromatic carbocycles. The van der Waals surface area contributed by atoms with E-state index in [9.17, 15) is 4.79 Å². The molecule has 3 nitrogen and oxygen atoms in total. The minimum Gasteiger partial charge on any atom is -0.383 e. The topological polar surface area (TPSA) is 56.0 Å². The highest BCUT2D eigenvalue weighted by atomic mass is 16.1. The molecule has 2 rings (SSSR count). The van der Waals surface area contributed by atoms with E-state index in [1.165, 1.54) is 18.4 Å². The molecule has 2 N–H and O–H groups in total. The number of anilines is 1. The maximum Gasteiger partial charge on any atom is 0.153 e. The molecular weight excluding hydrogens is 164 g/mol. The van der Waals surface area contributed by atoms with Gasteiger partial charge in [-0.2, -0.15) is 0 Å². The lowest BCUT2D eigenvalue weighted by atomic mass is 9.95. The summed E-state index contributed by atoms with van der Waals surface area (Å²) in [5, 5.41) is 0. The molecule has 0 aliphatic heterocycles. The number of fused-ring (bicyclic) bond motifs is 1. The molecule has 1 aromatic heterocycles. The van der Waals surface area contributed by atoms with Crippen molar-refractivity contribution in [3.63, 3.8) is 0 Å². The van der Waals surface area contributed by atoms with E-state index in [4.69, 9.17) is 5.73 Å². The number of nitrogens with two attached hydrogens (primary N) is 1. The highest BCUT2D eigenvalue weighted by molar-refractivity contribution is 5.82. The van der Waals surface area contributed by atoms with Crippen molar-refractivity contribution in [2.45, 2.75) is 25.7 Å². The quantitative estimate of drug-likeness (QED) is 0.657. The summed E-state index contributed by atoms with van der Waals surface area (Å²) in [5.74, 6) is 0.371. The number of rotatable bonds is 1. The van der Waals surface area contributed by atoms with Gasteiger partial charge in [0, 0.05) is 5.69 Å². The van der Waals surface area contributed by atoms with Gasteiger partial charge in [-0.05, 0) is 37.3 Å². The first-order valence-electron chi connectivity index (χ1n) is 4.54. The van der Waals surface area contributed by atoms with Crippen LogP contribution in [0, 0.1) is 0 Å². The molecule has 0 fully saturated rings. The van der Waals surface area contributed by atoms with E-state index in [0.29, 0.717) is 11.4 Å². The molecule has 3 heteroatoms. The Morgan fingerprint density at radius 1 is 1.38 bits per heavy atom. The van der Waals surface area contributed by atoms with Crippen molar-refractivity contribution in [1.29, 1.82) is 0 Å². The van der Waals surface area contributed by atoms with Crippen molar-refractivity contribution >= 4 is 12.1 Å². The van der Waals surface area contributed by atoms with E-state index < -0.39 is 0 Å². The summed E-state index contributed by atoms with van der Waals surface area (Å²) in [7, 11) is 0. The Morgan fingerprint density at radius 3 is 2.92 bits per heavy atom. The Kier molecular flexibility index (Phi) is 2.00. The SMILES string of the molecule is Nc1nc2c(cc1C=O)CCCC2. The van der Waals surface area contributed by atoms with Gasteiger partial charge < -0.3 is 5.73 Å². The van der Waals surface area contributed by atoms with Crippen molar-refractivity contribution in [1.82, 2.24) is 4.98 Å². The summed E-state index contributed by atoms with van der Waals surface area (Å²) >= 11 is 0. The molecule has 0 bridgehead atoms. The van der Waals surface area contributed by atoms with Crippen LogP contribution in [0.2, 0.25) is 0 Å². The number of aldehydes is 1. The third-order valence-corrected chi connectivity index (χ3v) is 2.49. The number of nitrogens with zero attached hydrogens (tertiary/aromatic N) is 1. The monoisotopic (exact) mass is 176 g/mol. The Balaban J connectivity index is 2.50. The van der Waals surface area contributed by atoms with Crippen LogP contribution in [0.4, 0.5) is 5.82 Å². The predicted molar refractivity (Wildman–Crippen MR) is 50.7 cm³/mol. The smallest absolute Gasteiger partial charge is 0.153 e. The molecule has 0 spiro atoms. The first kappa shape index (κ1) is 8.23. The fourth-order valence-corrected chi connectivity index (χ4v) is 1.76. The van der Waals surface area contributed by atoms with Gasteiger partial charge >= 0.3 is 0 Å². The Labute approximate surface area is 77.0 Å². The summed E-state index contributed by atoms with van der Waals surface area (Å²) in [6.07, 6.45) is 5.18. The summed E-state index contributed by atoms with van der Waals surface area (Å²) in [5.41, 5.74) is 8.42. The highest BCUT2D eigenvalue weighted by Crippen LogP contribution is 2.22. The summed E-state index contributed by atoms with van der Waals surface area (Å²) in [6.45, 7) is 0. The minimum absolute atomic E-state index is 0.371. The van der Waals surface area contributed by atoms with Crippen LogP contribution in [0.25, 0.3) is 0 Å². The van der Waals surface area contributed by atoms with E-state index in [1.54, 1.807) is 0 Å². The molecule has 1 heterocycles. The van der Waals surface area contributed by atoms with Gasteiger partial charge in [-0.1, -0.05) is 0 Å². The van der Waals surface area contributed by atoms with Crippen LogP contribution in [0.1, 0.15) is 34.5 Å². The van der Waals surface area contributed by atoms with E-state index in [2.05, 4.69) is 4.98 Å². The highest BCUT2D eigenvalue weighted by Gasteiger charge is 2.12. The Morgan fingerprint density at radius 2 is 2.15 bits per heavy atom. The van der Waals surface area contributed by atoms with E-state index >= 15 is 0 Å². The van der Waals surface area contributed by atoms with Crippen LogP contribution in [-0.4, -0.2) is 11.3 Å². The molecule has 1 aliphatic carbocycles. The number of aryl methyl sites for hydroxylation is 2. The second kappa shape index (κ2) is 3.17. The molecule has 1 aromatic rings. The zero-order valence-corrected chi connectivity index (χ0v) is 7.42. The molecule has 13 heavy (non-hydrogen) atoms. The first-order valence-corrected chi connectivity index (χ1v) is 4.54. The van der Waals surface area contributed by atoms with Gasteiger partial charge in [0.05, 0.1) is 5.56 Å². The second-order valence-corrected chi connectivity index (χ2v) is 3.39. The average molecular weight is 176 g/mol. The fourth-order valence-electron chi connectivity index (χ4n) is 1.76. The van der Waals surface area contributed by atoms with Crippen LogP contribution in [0.15, 0.2) is 6.07 Å². The fraction of sp³-hybridized carbons (Fsp3) is 0.400. The van der Waals surface area contributed by atoms with Crippen LogP contribution in [-0.2, 0) is 12.8 Å². The molecule has 68 valence electrons. The van der Waals surface area contributed by atoms with Crippen molar-refractivity contribution < 1.29 is 4.79 Å². The van der Waals surface area contributed by atoms with Crippen LogP contribution in [0.3, 0.4) is 0 Å². The standard InChI is InChI=1S/C10H12N2O/c11-10-8(6-13)5-7-3-1-2-4-9(7)12-10/h5-6H,1-4H2,(H2,11,12). The van der Waals surface area contributed by atoms with Crippen LogP contribution in [0.5, 0.6) is 0 Å². The van der Waals surface area contributed by atoms with Crippen molar-refractivity contribution in [2.24, 2.45) is 0 Å². The summed E-state index contributed by atoms with van der Waals surface area (Å²) in [6, 6.07) is 1.88. The number of pyridine rings is 1. The molecule has 0 unspecified atom stereocenters. The van der Waals surface area contributed by atoms with Gasteiger partial charge in [0.25, 0.3) is 0 Å². The van der Waals surface area contributed by atoms with E-state index in [1.807, 2.05) is 6.07 Å². The number of hydrogen-bond acceptors (Lipinski definition) is 3. The maximum atomic E-state index is 10.6. The largest absolute Gasteiger partial charge is 0.383 e.